The van der Waals surface area contributed by atoms with Crippen molar-refractivity contribution in [3.8, 4) is 22.4 Å². The second-order valence-corrected chi connectivity index (χ2v) is 13.6. The first-order valence-electron chi connectivity index (χ1n) is 16.6. The number of carbonyl (C=O) groups excluding carboxylic acids is 2. The van der Waals surface area contributed by atoms with Crippen LogP contribution in [-0.4, -0.2) is 56.9 Å². The predicted molar refractivity (Wildman–Crippen MR) is 173 cm³/mol. The summed E-state index contributed by atoms with van der Waals surface area (Å²) in [6.07, 6.45) is 10.9. The van der Waals surface area contributed by atoms with E-state index in [1.54, 1.807) is 6.07 Å². The molecule has 3 aromatic rings. The van der Waals surface area contributed by atoms with Gasteiger partial charge in [-0.1, -0.05) is 44.2 Å². The molecule has 3 fully saturated rings. The zero-order chi connectivity index (χ0) is 31.1. The molecule has 3 aliphatic heterocycles. The van der Waals surface area contributed by atoms with E-state index in [1.165, 1.54) is 12.8 Å². The highest BCUT2D eigenvalue weighted by Gasteiger charge is 2.38. The molecule has 0 radical (unpaired) electrons. The van der Waals surface area contributed by atoms with E-state index in [0.29, 0.717) is 35.9 Å². The molecule has 3 N–H and O–H groups in total. The van der Waals surface area contributed by atoms with Gasteiger partial charge in [0.1, 0.15) is 17.8 Å². The quantitative estimate of drug-likeness (QED) is 0.268. The summed E-state index contributed by atoms with van der Waals surface area (Å²) in [7, 11) is 0. The summed E-state index contributed by atoms with van der Waals surface area (Å²) in [6.45, 7) is 5.72. The number of aromatic amines is 1. The number of hydrogen-bond donors (Lipinski definition) is 3. The molecule has 8 nitrogen and oxygen atoms in total. The lowest BCUT2D eigenvalue weighted by Crippen LogP contribution is -2.51. The van der Waals surface area contributed by atoms with Gasteiger partial charge in [0.05, 0.1) is 29.7 Å². The Morgan fingerprint density at radius 2 is 1.67 bits per heavy atom. The van der Waals surface area contributed by atoms with Crippen molar-refractivity contribution >= 4 is 17.5 Å². The third-order valence-corrected chi connectivity index (χ3v) is 9.74. The molecule has 1 unspecified atom stereocenters. The van der Waals surface area contributed by atoms with Crippen LogP contribution in [0.5, 0.6) is 0 Å². The first kappa shape index (κ1) is 29.6. The number of rotatable bonds is 9. The highest BCUT2D eigenvalue weighted by Crippen LogP contribution is 2.36. The van der Waals surface area contributed by atoms with Crippen LogP contribution in [0.4, 0.5) is 4.39 Å². The summed E-state index contributed by atoms with van der Waals surface area (Å²) in [5.74, 6) is 1.88. The van der Waals surface area contributed by atoms with Crippen molar-refractivity contribution in [1.29, 1.82) is 0 Å². The molecule has 1 saturated carbocycles. The van der Waals surface area contributed by atoms with Crippen molar-refractivity contribution in [2.45, 2.75) is 83.5 Å². The molecule has 2 saturated heterocycles. The van der Waals surface area contributed by atoms with Gasteiger partial charge in [-0.2, -0.15) is 0 Å². The van der Waals surface area contributed by atoms with Crippen molar-refractivity contribution in [3.63, 3.8) is 0 Å². The third kappa shape index (κ3) is 6.22. The SMILES string of the molecule is CC(C)CC(=O)N1CCC[C@H]1c1ncc(-c2ccc(-c3ccc(C4=CNC([C@@H]5CCCN5C(=O)CC5CC5)N4)c(F)c3)cc2)[nH]1. The standard InChI is InChI=1S/C36H43FN6O2/c1-22(2)17-33(44)42-15-3-5-31(42)35-38-20-29(40-35)25-11-9-24(10-12-25)26-13-14-27(28(37)19-26)30-21-39-36(41-30)32-6-4-16-43(32)34(45)18-23-7-8-23/h9-14,19-23,31-32,36,39,41H,3-8,15-18H2,1-2H3,(H,38,40)/t31-,32-,36?/m0/s1. The molecule has 4 heterocycles. The molecule has 9 heteroatoms. The van der Waals surface area contributed by atoms with Gasteiger partial charge in [-0.25, -0.2) is 9.37 Å². The van der Waals surface area contributed by atoms with Gasteiger partial charge in [-0.15, -0.1) is 0 Å². The Labute approximate surface area is 264 Å². The van der Waals surface area contributed by atoms with E-state index >= 15 is 4.39 Å². The monoisotopic (exact) mass is 610 g/mol. The molecule has 1 aliphatic carbocycles. The lowest BCUT2D eigenvalue weighted by molar-refractivity contribution is -0.133. The smallest absolute Gasteiger partial charge is 0.223 e. The maximum Gasteiger partial charge on any atom is 0.223 e. The molecular weight excluding hydrogens is 567 g/mol. The topological polar surface area (TPSA) is 93.4 Å². The number of hydrogen-bond acceptors (Lipinski definition) is 5. The molecule has 0 bridgehead atoms. The summed E-state index contributed by atoms with van der Waals surface area (Å²) in [6, 6.07) is 13.4. The Morgan fingerprint density at radius 3 is 2.42 bits per heavy atom. The average molecular weight is 611 g/mol. The molecular formula is C36H43FN6O2. The van der Waals surface area contributed by atoms with Crippen LogP contribution in [0.2, 0.25) is 0 Å². The van der Waals surface area contributed by atoms with Gasteiger partial charge >= 0.3 is 0 Å². The average Bonchev–Trinajstić information content (AvgIpc) is 3.55. The van der Waals surface area contributed by atoms with Gasteiger partial charge < -0.3 is 25.4 Å². The Morgan fingerprint density at radius 1 is 0.933 bits per heavy atom. The van der Waals surface area contributed by atoms with Crippen molar-refractivity contribution in [1.82, 2.24) is 30.4 Å². The zero-order valence-corrected chi connectivity index (χ0v) is 26.2. The fourth-order valence-corrected chi connectivity index (χ4v) is 7.15. The predicted octanol–water partition coefficient (Wildman–Crippen LogP) is 6.20. The third-order valence-electron chi connectivity index (χ3n) is 9.74. The van der Waals surface area contributed by atoms with Gasteiger partial charge in [-0.3, -0.25) is 9.59 Å². The number of benzene rings is 2. The van der Waals surface area contributed by atoms with Crippen LogP contribution in [0.25, 0.3) is 28.1 Å². The Bertz CT molecular complexity index is 1590. The molecule has 7 rings (SSSR count). The van der Waals surface area contributed by atoms with E-state index in [9.17, 15) is 9.59 Å². The van der Waals surface area contributed by atoms with Crippen molar-refractivity contribution in [2.24, 2.45) is 11.8 Å². The minimum atomic E-state index is -0.294. The maximum atomic E-state index is 15.5. The number of carbonyl (C=O) groups is 2. The molecule has 236 valence electrons. The molecule has 1 aromatic heterocycles. The molecule has 3 atom stereocenters. The van der Waals surface area contributed by atoms with Crippen LogP contribution in [0, 0.1) is 17.7 Å². The van der Waals surface area contributed by atoms with Gasteiger partial charge in [0.2, 0.25) is 11.8 Å². The van der Waals surface area contributed by atoms with Crippen LogP contribution in [-0.2, 0) is 9.59 Å². The van der Waals surface area contributed by atoms with Crippen LogP contribution >= 0.6 is 0 Å². The highest BCUT2D eigenvalue weighted by atomic mass is 19.1. The van der Waals surface area contributed by atoms with Gasteiger partial charge in [0.25, 0.3) is 0 Å². The second kappa shape index (κ2) is 12.3. The lowest BCUT2D eigenvalue weighted by atomic mass is 10.0. The number of halogens is 1. The van der Waals surface area contributed by atoms with Crippen LogP contribution < -0.4 is 10.6 Å². The van der Waals surface area contributed by atoms with Crippen molar-refractivity contribution < 1.29 is 14.0 Å². The maximum absolute atomic E-state index is 15.5. The molecule has 0 spiro atoms. The number of aromatic nitrogens is 2. The molecule has 4 aliphatic rings. The van der Waals surface area contributed by atoms with E-state index in [0.717, 1.165) is 67.0 Å². The first-order chi connectivity index (χ1) is 21.8. The minimum absolute atomic E-state index is 0.00682. The lowest BCUT2D eigenvalue weighted by Gasteiger charge is -2.30. The fraction of sp³-hybridized carbons (Fsp3) is 0.472. The van der Waals surface area contributed by atoms with Crippen LogP contribution in [0.1, 0.15) is 82.6 Å². The summed E-state index contributed by atoms with van der Waals surface area (Å²) in [5.41, 5.74) is 4.83. The Hall–Kier alpha value is -4.14. The number of nitrogens with zero attached hydrogens (tertiary/aromatic N) is 3. The second-order valence-electron chi connectivity index (χ2n) is 13.6. The van der Waals surface area contributed by atoms with E-state index in [-0.39, 0.29) is 35.9 Å². The van der Waals surface area contributed by atoms with Crippen molar-refractivity contribution in [2.75, 3.05) is 13.1 Å². The minimum Gasteiger partial charge on any atom is -0.368 e. The highest BCUT2D eigenvalue weighted by molar-refractivity contribution is 5.78. The summed E-state index contributed by atoms with van der Waals surface area (Å²) >= 11 is 0. The van der Waals surface area contributed by atoms with Gasteiger partial charge in [0, 0.05) is 37.7 Å². The van der Waals surface area contributed by atoms with E-state index < -0.39 is 0 Å². The molecule has 2 amide bonds. The van der Waals surface area contributed by atoms with Gasteiger partial charge in [0.15, 0.2) is 0 Å². The van der Waals surface area contributed by atoms with Crippen molar-refractivity contribution in [3.05, 3.63) is 72.1 Å². The number of imidazole rings is 1. The summed E-state index contributed by atoms with van der Waals surface area (Å²) in [4.78, 5) is 37.7. The first-order valence-corrected chi connectivity index (χ1v) is 16.6. The molecule has 45 heavy (non-hydrogen) atoms. The van der Waals surface area contributed by atoms with E-state index in [1.807, 2.05) is 58.6 Å². The molecule has 2 aromatic carbocycles. The number of amides is 2. The van der Waals surface area contributed by atoms with Crippen LogP contribution in [0.3, 0.4) is 0 Å². The summed E-state index contributed by atoms with van der Waals surface area (Å²) in [5, 5.41) is 6.82. The fourth-order valence-electron chi connectivity index (χ4n) is 7.15. The van der Waals surface area contributed by atoms with E-state index in [4.69, 9.17) is 0 Å². The number of H-pyrrole nitrogens is 1. The number of likely N-dealkylation sites (tertiary alicyclic amines) is 2. The largest absolute Gasteiger partial charge is 0.368 e. The van der Waals surface area contributed by atoms with E-state index in [2.05, 4.69) is 34.4 Å². The summed E-state index contributed by atoms with van der Waals surface area (Å²) < 4.78 is 15.5. The van der Waals surface area contributed by atoms with Gasteiger partial charge in [-0.05, 0) is 79.2 Å². The van der Waals surface area contributed by atoms with Crippen LogP contribution in [0.15, 0.2) is 54.9 Å². The zero-order valence-electron chi connectivity index (χ0n) is 26.2. The normalized spacial score (nSPS) is 22.9. The Kier molecular flexibility index (Phi) is 8.10. The Balaban J connectivity index is 0.997. The number of nitrogens with one attached hydrogen (secondary N) is 3.